The molecule has 0 aliphatic heterocycles. The summed E-state index contributed by atoms with van der Waals surface area (Å²) < 4.78 is 7.15. The minimum absolute atomic E-state index is 0.720. The smallest absolute Gasteiger partial charge is 0.191 e. The fourth-order valence-electron chi connectivity index (χ4n) is 2.19. The quantitative estimate of drug-likeness (QED) is 0.624. The van der Waals surface area contributed by atoms with E-state index in [1.165, 1.54) is 5.56 Å². The van der Waals surface area contributed by atoms with Gasteiger partial charge in [-0.1, -0.05) is 6.92 Å². The number of furan rings is 1. The highest BCUT2D eigenvalue weighted by Crippen LogP contribution is 2.06. The summed E-state index contributed by atoms with van der Waals surface area (Å²) >= 11 is 0. The topological polar surface area (TPSA) is 67.4 Å². The maximum Gasteiger partial charge on any atom is 0.191 e. The third kappa shape index (κ3) is 4.37. The van der Waals surface area contributed by atoms with E-state index in [9.17, 15) is 0 Å². The largest absolute Gasteiger partial charge is 0.469 e. The first-order valence-corrected chi connectivity index (χ1v) is 7.21. The van der Waals surface area contributed by atoms with Crippen LogP contribution in [0.2, 0.25) is 0 Å². The molecule has 0 unspecified atom stereocenters. The predicted octanol–water partition coefficient (Wildman–Crippen LogP) is 1.48. The van der Waals surface area contributed by atoms with Crippen LogP contribution in [0.15, 0.2) is 34.0 Å². The number of aryl methyl sites for hydroxylation is 2. The van der Waals surface area contributed by atoms with Crippen LogP contribution >= 0.6 is 0 Å². The Morgan fingerprint density at radius 3 is 2.95 bits per heavy atom. The molecule has 2 aromatic heterocycles. The van der Waals surface area contributed by atoms with Crippen molar-refractivity contribution in [1.29, 1.82) is 0 Å². The number of nitrogens with one attached hydrogen (secondary N) is 2. The van der Waals surface area contributed by atoms with Gasteiger partial charge in [-0.15, -0.1) is 0 Å². The second-order valence-electron chi connectivity index (χ2n) is 4.81. The van der Waals surface area contributed by atoms with Crippen LogP contribution in [0.25, 0.3) is 0 Å². The van der Waals surface area contributed by atoms with Gasteiger partial charge in [0, 0.05) is 45.4 Å². The fourth-order valence-corrected chi connectivity index (χ4v) is 2.19. The number of nitrogens with zero attached hydrogens (tertiary/aromatic N) is 3. The number of hydrogen-bond donors (Lipinski definition) is 2. The Labute approximate surface area is 125 Å². The molecular weight excluding hydrogens is 266 g/mol. The van der Waals surface area contributed by atoms with Crippen molar-refractivity contribution in [2.45, 2.75) is 26.3 Å². The Morgan fingerprint density at radius 2 is 2.29 bits per heavy atom. The third-order valence-electron chi connectivity index (χ3n) is 3.24. The van der Waals surface area contributed by atoms with E-state index in [1.54, 1.807) is 13.3 Å². The number of hydrogen-bond acceptors (Lipinski definition) is 3. The maximum atomic E-state index is 5.30. The van der Waals surface area contributed by atoms with Gasteiger partial charge in [0.25, 0.3) is 0 Å². The van der Waals surface area contributed by atoms with Gasteiger partial charge in [-0.25, -0.2) is 0 Å². The van der Waals surface area contributed by atoms with Gasteiger partial charge in [-0.3, -0.25) is 9.67 Å². The molecule has 6 heteroatoms. The van der Waals surface area contributed by atoms with Gasteiger partial charge in [0.2, 0.25) is 0 Å². The van der Waals surface area contributed by atoms with Crippen molar-refractivity contribution in [2.75, 3.05) is 13.6 Å². The molecule has 2 rings (SSSR count). The lowest BCUT2D eigenvalue weighted by atomic mass is 10.2. The summed E-state index contributed by atoms with van der Waals surface area (Å²) in [4.78, 5) is 4.22. The van der Waals surface area contributed by atoms with Gasteiger partial charge in [0.05, 0.1) is 12.0 Å². The molecule has 0 saturated carbocycles. The van der Waals surface area contributed by atoms with Gasteiger partial charge < -0.3 is 15.1 Å². The lowest BCUT2D eigenvalue weighted by molar-refractivity contribution is 0.507. The number of aliphatic imine (C=N–C) groups is 1. The predicted molar refractivity (Wildman–Crippen MR) is 83.2 cm³/mol. The van der Waals surface area contributed by atoms with Crippen LogP contribution < -0.4 is 10.6 Å². The molecule has 21 heavy (non-hydrogen) atoms. The molecule has 0 aliphatic rings. The van der Waals surface area contributed by atoms with E-state index < -0.39 is 0 Å². The lowest BCUT2D eigenvalue weighted by Gasteiger charge is -2.11. The molecule has 0 aromatic carbocycles. The van der Waals surface area contributed by atoms with Crippen LogP contribution in [0.3, 0.4) is 0 Å². The highest BCUT2D eigenvalue weighted by atomic mass is 16.3. The van der Waals surface area contributed by atoms with E-state index in [4.69, 9.17) is 4.42 Å². The number of aromatic nitrogens is 2. The van der Waals surface area contributed by atoms with Crippen LogP contribution in [0.5, 0.6) is 0 Å². The highest BCUT2D eigenvalue weighted by Gasteiger charge is 2.06. The van der Waals surface area contributed by atoms with Crippen LogP contribution in [0.1, 0.15) is 23.9 Å². The summed E-state index contributed by atoms with van der Waals surface area (Å²) in [6.45, 7) is 3.61. The Kier molecular flexibility index (Phi) is 5.43. The van der Waals surface area contributed by atoms with E-state index in [-0.39, 0.29) is 0 Å². The fraction of sp³-hybridized carbons (Fsp3) is 0.467. The van der Waals surface area contributed by atoms with E-state index in [2.05, 4.69) is 27.6 Å². The Bertz CT molecular complexity index is 571. The molecule has 0 bridgehead atoms. The molecule has 0 saturated heterocycles. The summed E-state index contributed by atoms with van der Waals surface area (Å²) in [6.07, 6.45) is 5.50. The zero-order valence-corrected chi connectivity index (χ0v) is 12.9. The van der Waals surface area contributed by atoms with E-state index in [0.717, 1.165) is 43.3 Å². The average Bonchev–Trinajstić information content (AvgIpc) is 3.11. The zero-order chi connectivity index (χ0) is 15.1. The molecular formula is C15H23N5O. The molecule has 2 N–H and O–H groups in total. The van der Waals surface area contributed by atoms with Crippen molar-refractivity contribution < 1.29 is 4.42 Å². The Hall–Kier alpha value is -2.24. The number of guanidine groups is 1. The van der Waals surface area contributed by atoms with Crippen molar-refractivity contribution in [2.24, 2.45) is 12.0 Å². The van der Waals surface area contributed by atoms with Crippen molar-refractivity contribution in [3.8, 4) is 0 Å². The monoisotopic (exact) mass is 289 g/mol. The van der Waals surface area contributed by atoms with Crippen molar-refractivity contribution >= 4 is 5.96 Å². The highest BCUT2D eigenvalue weighted by molar-refractivity contribution is 5.79. The van der Waals surface area contributed by atoms with Crippen LogP contribution in [0.4, 0.5) is 0 Å². The van der Waals surface area contributed by atoms with Gasteiger partial charge in [-0.05, 0) is 18.6 Å². The van der Waals surface area contributed by atoms with Gasteiger partial charge in [0.15, 0.2) is 5.96 Å². The molecule has 6 nitrogen and oxygen atoms in total. The van der Waals surface area contributed by atoms with Gasteiger partial charge >= 0.3 is 0 Å². The van der Waals surface area contributed by atoms with Gasteiger partial charge in [-0.2, -0.15) is 5.10 Å². The third-order valence-corrected chi connectivity index (χ3v) is 3.24. The standard InChI is InChI=1S/C15H23N5O/c1-4-14-12(11-20(3)19-14)10-18-15(16-2)17-8-7-13-6-5-9-21-13/h5-6,9,11H,4,7-8,10H2,1-3H3,(H2,16,17,18). The first kappa shape index (κ1) is 15.2. The molecule has 114 valence electrons. The van der Waals surface area contributed by atoms with Crippen molar-refractivity contribution in [1.82, 2.24) is 20.4 Å². The number of rotatable bonds is 6. The molecule has 0 spiro atoms. The molecule has 0 aliphatic carbocycles. The van der Waals surface area contributed by atoms with Crippen LogP contribution in [-0.4, -0.2) is 29.3 Å². The second-order valence-corrected chi connectivity index (χ2v) is 4.81. The summed E-state index contributed by atoms with van der Waals surface area (Å²) in [5.41, 5.74) is 2.32. The van der Waals surface area contributed by atoms with E-state index in [0.29, 0.717) is 0 Å². The lowest BCUT2D eigenvalue weighted by Crippen LogP contribution is -2.37. The minimum Gasteiger partial charge on any atom is -0.469 e. The summed E-state index contributed by atoms with van der Waals surface area (Å²) in [7, 11) is 3.71. The second kappa shape index (κ2) is 7.52. The summed E-state index contributed by atoms with van der Waals surface area (Å²) in [6, 6.07) is 3.87. The minimum atomic E-state index is 0.720. The first-order valence-electron chi connectivity index (χ1n) is 7.21. The van der Waals surface area contributed by atoms with Gasteiger partial charge in [0.1, 0.15) is 5.76 Å². The average molecular weight is 289 g/mol. The van der Waals surface area contributed by atoms with Crippen molar-refractivity contribution in [3.05, 3.63) is 41.6 Å². The zero-order valence-electron chi connectivity index (χ0n) is 12.9. The normalized spacial score (nSPS) is 11.7. The Morgan fingerprint density at radius 1 is 1.43 bits per heavy atom. The Balaban J connectivity index is 1.79. The molecule has 0 radical (unpaired) electrons. The first-order chi connectivity index (χ1) is 10.2. The molecule has 0 amide bonds. The molecule has 2 aromatic rings. The van der Waals surface area contributed by atoms with Crippen LogP contribution in [0, 0.1) is 0 Å². The molecule has 2 heterocycles. The summed E-state index contributed by atoms with van der Waals surface area (Å²) in [5.74, 6) is 1.76. The molecule has 0 atom stereocenters. The van der Waals surface area contributed by atoms with Crippen molar-refractivity contribution in [3.63, 3.8) is 0 Å². The van der Waals surface area contributed by atoms with E-state index in [1.807, 2.05) is 30.1 Å². The SMILES string of the molecule is CCc1nn(C)cc1CNC(=NC)NCCc1ccco1. The molecule has 0 fully saturated rings. The van der Waals surface area contributed by atoms with Crippen LogP contribution in [-0.2, 0) is 26.4 Å². The summed E-state index contributed by atoms with van der Waals surface area (Å²) in [5, 5.41) is 11.0. The maximum absolute atomic E-state index is 5.30. The van der Waals surface area contributed by atoms with E-state index >= 15 is 0 Å².